The van der Waals surface area contributed by atoms with E-state index in [-0.39, 0.29) is 23.5 Å². The van der Waals surface area contributed by atoms with E-state index in [1.54, 1.807) is 13.8 Å². The maximum atomic E-state index is 13.0. The molecule has 1 amide bonds. The fraction of sp³-hybridized carbons (Fsp3) is 0.533. The van der Waals surface area contributed by atoms with Crippen LogP contribution in [-0.4, -0.2) is 40.6 Å². The molecule has 1 unspecified atom stereocenters. The Labute approximate surface area is 128 Å². The van der Waals surface area contributed by atoms with Gasteiger partial charge in [-0.1, -0.05) is 11.6 Å². The predicted octanol–water partition coefficient (Wildman–Crippen LogP) is 2.65. The second-order valence-electron chi connectivity index (χ2n) is 5.95. The highest BCUT2D eigenvalue weighted by Gasteiger charge is 2.36. The van der Waals surface area contributed by atoms with Crippen LogP contribution in [0.5, 0.6) is 0 Å². The highest BCUT2D eigenvalue weighted by Crippen LogP contribution is 2.27. The number of hydrogen-bond acceptors (Lipinski definition) is 3. The predicted molar refractivity (Wildman–Crippen MR) is 80.9 cm³/mol. The smallest absolute Gasteiger partial charge is 0.238 e. The standard InChI is InChI=1S/C15H20ClFN2O2/c1-15(2,21)13-4-3-7-19(13)9-14(20)18-12-6-5-10(17)8-11(12)16/h5-6,8,13,21H,3-4,7,9H2,1-2H3,(H,18,20). The van der Waals surface area contributed by atoms with Gasteiger partial charge in [0.1, 0.15) is 5.82 Å². The lowest BCUT2D eigenvalue weighted by molar-refractivity contribution is -0.118. The maximum Gasteiger partial charge on any atom is 0.238 e. The number of anilines is 1. The van der Waals surface area contributed by atoms with E-state index in [4.69, 9.17) is 11.6 Å². The van der Waals surface area contributed by atoms with Crippen LogP contribution in [0.15, 0.2) is 18.2 Å². The quantitative estimate of drug-likeness (QED) is 0.898. The van der Waals surface area contributed by atoms with E-state index in [1.165, 1.54) is 12.1 Å². The van der Waals surface area contributed by atoms with Crippen molar-refractivity contribution in [3.63, 3.8) is 0 Å². The number of halogens is 2. The summed E-state index contributed by atoms with van der Waals surface area (Å²) in [7, 11) is 0. The number of nitrogens with zero attached hydrogens (tertiary/aromatic N) is 1. The van der Waals surface area contributed by atoms with E-state index < -0.39 is 11.4 Å². The molecule has 1 heterocycles. The Morgan fingerprint density at radius 3 is 2.90 bits per heavy atom. The van der Waals surface area contributed by atoms with Crippen LogP contribution in [0.1, 0.15) is 26.7 Å². The highest BCUT2D eigenvalue weighted by molar-refractivity contribution is 6.33. The average molecular weight is 315 g/mol. The fourth-order valence-electron chi connectivity index (χ4n) is 2.78. The van der Waals surface area contributed by atoms with Gasteiger partial charge in [0.15, 0.2) is 0 Å². The van der Waals surface area contributed by atoms with Crippen molar-refractivity contribution in [1.29, 1.82) is 0 Å². The van der Waals surface area contributed by atoms with Gasteiger partial charge >= 0.3 is 0 Å². The Morgan fingerprint density at radius 2 is 2.29 bits per heavy atom. The maximum absolute atomic E-state index is 13.0. The van der Waals surface area contributed by atoms with Crippen molar-refractivity contribution in [2.24, 2.45) is 0 Å². The first kappa shape index (κ1) is 16.2. The van der Waals surface area contributed by atoms with E-state index in [0.717, 1.165) is 25.5 Å². The van der Waals surface area contributed by atoms with Crippen LogP contribution in [0, 0.1) is 5.82 Å². The van der Waals surface area contributed by atoms with Gasteiger partial charge in [-0.3, -0.25) is 9.69 Å². The number of carbonyl (C=O) groups excluding carboxylic acids is 1. The number of carbonyl (C=O) groups is 1. The molecule has 2 N–H and O–H groups in total. The van der Waals surface area contributed by atoms with Crippen molar-refractivity contribution in [1.82, 2.24) is 4.90 Å². The summed E-state index contributed by atoms with van der Waals surface area (Å²) in [4.78, 5) is 14.1. The fourth-order valence-corrected chi connectivity index (χ4v) is 2.99. The molecule has 1 aliphatic rings. The Bertz CT molecular complexity index is 531. The van der Waals surface area contributed by atoms with Gasteiger partial charge in [0.25, 0.3) is 0 Å². The molecule has 0 spiro atoms. The van der Waals surface area contributed by atoms with Crippen molar-refractivity contribution in [3.8, 4) is 0 Å². The average Bonchev–Trinajstić information content (AvgIpc) is 2.80. The molecule has 21 heavy (non-hydrogen) atoms. The summed E-state index contributed by atoms with van der Waals surface area (Å²) in [6, 6.07) is 3.81. The van der Waals surface area contributed by atoms with Crippen LogP contribution in [0.4, 0.5) is 10.1 Å². The molecule has 0 aromatic heterocycles. The molecule has 1 aromatic carbocycles. The van der Waals surface area contributed by atoms with Gasteiger partial charge in [-0.25, -0.2) is 4.39 Å². The van der Waals surface area contributed by atoms with Gasteiger partial charge < -0.3 is 10.4 Å². The minimum atomic E-state index is -0.843. The van der Waals surface area contributed by atoms with E-state index in [1.807, 2.05) is 4.90 Å². The molecule has 1 aromatic rings. The number of rotatable bonds is 4. The molecule has 1 aliphatic heterocycles. The minimum Gasteiger partial charge on any atom is -0.389 e. The van der Waals surface area contributed by atoms with Gasteiger partial charge in [0.05, 0.1) is 22.9 Å². The molecule has 2 rings (SSSR count). The normalized spacial score (nSPS) is 19.8. The molecule has 6 heteroatoms. The number of benzene rings is 1. The molecule has 1 fully saturated rings. The third-order valence-electron chi connectivity index (χ3n) is 3.73. The number of amides is 1. The van der Waals surface area contributed by atoms with Crippen LogP contribution in [0.25, 0.3) is 0 Å². The molecule has 0 bridgehead atoms. The molecule has 0 radical (unpaired) electrons. The molecule has 116 valence electrons. The third kappa shape index (κ3) is 4.15. The van der Waals surface area contributed by atoms with Gasteiger partial charge in [0, 0.05) is 6.04 Å². The Hall–Kier alpha value is -1.17. The van der Waals surface area contributed by atoms with Crippen LogP contribution in [-0.2, 0) is 4.79 Å². The number of hydrogen-bond donors (Lipinski definition) is 2. The van der Waals surface area contributed by atoms with Gasteiger partial charge in [-0.2, -0.15) is 0 Å². The number of nitrogens with one attached hydrogen (secondary N) is 1. The second kappa shape index (κ2) is 6.30. The molecule has 4 nitrogen and oxygen atoms in total. The first-order valence-corrected chi connectivity index (χ1v) is 7.36. The Balaban J connectivity index is 1.98. The van der Waals surface area contributed by atoms with E-state index in [2.05, 4.69) is 5.32 Å². The SMILES string of the molecule is CC(C)(O)C1CCCN1CC(=O)Nc1ccc(F)cc1Cl. The van der Waals surface area contributed by atoms with Crippen molar-refractivity contribution in [3.05, 3.63) is 29.0 Å². The van der Waals surface area contributed by atoms with Crippen molar-refractivity contribution < 1.29 is 14.3 Å². The second-order valence-corrected chi connectivity index (χ2v) is 6.36. The summed E-state index contributed by atoms with van der Waals surface area (Å²) < 4.78 is 13.0. The van der Waals surface area contributed by atoms with Crippen LogP contribution < -0.4 is 5.32 Å². The summed E-state index contributed by atoms with van der Waals surface area (Å²) in [5.41, 5.74) is -0.452. The molecule has 0 aliphatic carbocycles. The van der Waals surface area contributed by atoms with Gasteiger partial charge in [-0.15, -0.1) is 0 Å². The Morgan fingerprint density at radius 1 is 1.57 bits per heavy atom. The summed E-state index contributed by atoms with van der Waals surface area (Å²) in [6.45, 7) is 4.47. The molecule has 0 saturated carbocycles. The lowest BCUT2D eigenvalue weighted by Crippen LogP contribution is -2.48. The van der Waals surface area contributed by atoms with Crippen LogP contribution in [0.3, 0.4) is 0 Å². The van der Waals surface area contributed by atoms with Crippen LogP contribution in [0.2, 0.25) is 5.02 Å². The largest absolute Gasteiger partial charge is 0.389 e. The Kier molecular flexibility index (Phi) is 4.86. The minimum absolute atomic E-state index is 0.0352. The molecule has 1 saturated heterocycles. The van der Waals surface area contributed by atoms with E-state index in [9.17, 15) is 14.3 Å². The molecule has 1 atom stereocenters. The lowest BCUT2D eigenvalue weighted by Gasteiger charge is -2.33. The third-order valence-corrected chi connectivity index (χ3v) is 4.04. The summed E-state index contributed by atoms with van der Waals surface area (Å²) in [5.74, 6) is -0.667. The summed E-state index contributed by atoms with van der Waals surface area (Å²) in [5, 5.41) is 13.0. The zero-order chi connectivity index (χ0) is 15.6. The summed E-state index contributed by atoms with van der Waals surface area (Å²) >= 11 is 5.88. The van der Waals surface area contributed by atoms with Crippen molar-refractivity contribution in [2.45, 2.75) is 38.3 Å². The zero-order valence-electron chi connectivity index (χ0n) is 12.2. The summed E-state index contributed by atoms with van der Waals surface area (Å²) in [6.07, 6.45) is 1.83. The van der Waals surface area contributed by atoms with E-state index >= 15 is 0 Å². The van der Waals surface area contributed by atoms with E-state index in [0.29, 0.717) is 5.69 Å². The van der Waals surface area contributed by atoms with Crippen molar-refractivity contribution in [2.75, 3.05) is 18.4 Å². The molecular weight excluding hydrogens is 295 g/mol. The first-order valence-electron chi connectivity index (χ1n) is 6.98. The van der Waals surface area contributed by atoms with Crippen LogP contribution >= 0.6 is 11.6 Å². The number of likely N-dealkylation sites (tertiary alicyclic amines) is 1. The molecular formula is C15H20ClFN2O2. The lowest BCUT2D eigenvalue weighted by atomic mass is 9.97. The number of aliphatic hydroxyl groups is 1. The monoisotopic (exact) mass is 314 g/mol. The first-order chi connectivity index (χ1) is 9.77. The highest BCUT2D eigenvalue weighted by atomic mass is 35.5. The van der Waals surface area contributed by atoms with Crippen molar-refractivity contribution >= 4 is 23.2 Å². The van der Waals surface area contributed by atoms with Gasteiger partial charge in [-0.05, 0) is 51.4 Å². The topological polar surface area (TPSA) is 52.6 Å². The van der Waals surface area contributed by atoms with Gasteiger partial charge in [0.2, 0.25) is 5.91 Å². The zero-order valence-corrected chi connectivity index (χ0v) is 13.0.